The van der Waals surface area contributed by atoms with E-state index in [0.717, 1.165) is 52.2 Å². The molecule has 22 heavy (non-hydrogen) atoms. The number of benzene rings is 1. The molecule has 5 nitrogen and oxygen atoms in total. The molecular weight excluding hydrogens is 280 g/mol. The first-order valence-electron chi connectivity index (χ1n) is 7.98. The number of rotatable bonds is 8. The molecule has 0 atom stereocenters. The van der Waals surface area contributed by atoms with Crippen molar-refractivity contribution < 1.29 is 14.6 Å². The van der Waals surface area contributed by atoms with Crippen molar-refractivity contribution in [2.45, 2.75) is 25.8 Å². The fraction of sp³-hybridized carbons (Fsp3) is 0.588. The molecule has 2 rings (SSSR count). The number of unbranched alkanes of at least 4 members (excludes halogenated alkanes) is 1. The zero-order valence-electron chi connectivity index (χ0n) is 13.3. The summed E-state index contributed by atoms with van der Waals surface area (Å²) < 4.78 is 5.43. The van der Waals surface area contributed by atoms with Gasteiger partial charge in [-0.15, -0.1) is 0 Å². The molecule has 0 saturated carbocycles. The average Bonchev–Trinajstić information content (AvgIpc) is 2.53. The second-order valence-corrected chi connectivity index (χ2v) is 5.82. The Kier molecular flexibility index (Phi) is 6.68. The molecule has 1 aromatic carbocycles. The van der Waals surface area contributed by atoms with Crippen LogP contribution in [0.4, 0.5) is 5.69 Å². The third-order valence-corrected chi connectivity index (χ3v) is 3.96. The smallest absolute Gasteiger partial charge is 0.303 e. The summed E-state index contributed by atoms with van der Waals surface area (Å²) in [6, 6.07) is 8.52. The van der Waals surface area contributed by atoms with E-state index < -0.39 is 5.97 Å². The van der Waals surface area contributed by atoms with Crippen LogP contribution in [0.25, 0.3) is 0 Å². The van der Waals surface area contributed by atoms with Gasteiger partial charge >= 0.3 is 5.97 Å². The molecular formula is C17H26N2O3. The number of aliphatic carboxylic acids is 1. The summed E-state index contributed by atoms with van der Waals surface area (Å²) in [5, 5.41) is 8.67. The third kappa shape index (κ3) is 5.31. The number of anilines is 1. The number of nitrogens with zero attached hydrogens (tertiary/aromatic N) is 2. The van der Waals surface area contributed by atoms with Gasteiger partial charge in [0.15, 0.2) is 0 Å². The van der Waals surface area contributed by atoms with Gasteiger partial charge in [0, 0.05) is 31.7 Å². The number of hydrogen-bond acceptors (Lipinski definition) is 4. The SMILES string of the molecule is CN(CCCCC(=O)O)Cc1ccccc1N1CCOCC1. The van der Waals surface area contributed by atoms with E-state index in [4.69, 9.17) is 9.84 Å². The molecule has 0 spiro atoms. The highest BCUT2D eigenvalue weighted by Crippen LogP contribution is 2.22. The number of morpholine rings is 1. The molecule has 1 aliphatic heterocycles. The Bertz CT molecular complexity index is 473. The summed E-state index contributed by atoms with van der Waals surface area (Å²) in [6.45, 7) is 5.28. The number of carboxylic acids is 1. The van der Waals surface area contributed by atoms with E-state index in [1.807, 2.05) is 0 Å². The van der Waals surface area contributed by atoms with Crippen LogP contribution in [0, 0.1) is 0 Å². The fourth-order valence-corrected chi connectivity index (χ4v) is 2.79. The highest BCUT2D eigenvalue weighted by molar-refractivity contribution is 5.66. The number of ether oxygens (including phenoxy) is 1. The second kappa shape index (κ2) is 8.76. The zero-order chi connectivity index (χ0) is 15.8. The van der Waals surface area contributed by atoms with Gasteiger partial charge in [-0.2, -0.15) is 0 Å². The molecule has 0 radical (unpaired) electrons. The zero-order valence-corrected chi connectivity index (χ0v) is 13.3. The number of carboxylic acid groups (broad SMARTS) is 1. The normalized spacial score (nSPS) is 15.3. The highest BCUT2D eigenvalue weighted by Gasteiger charge is 2.15. The van der Waals surface area contributed by atoms with Gasteiger partial charge in [-0.05, 0) is 38.1 Å². The van der Waals surface area contributed by atoms with Crippen molar-refractivity contribution in [2.75, 3.05) is 44.8 Å². The van der Waals surface area contributed by atoms with Gasteiger partial charge in [-0.3, -0.25) is 4.79 Å². The summed E-state index contributed by atoms with van der Waals surface area (Å²) in [6.07, 6.45) is 1.92. The minimum absolute atomic E-state index is 0.262. The fourth-order valence-electron chi connectivity index (χ4n) is 2.79. The Morgan fingerprint density at radius 2 is 2.00 bits per heavy atom. The van der Waals surface area contributed by atoms with Crippen LogP contribution in [-0.2, 0) is 16.1 Å². The molecule has 0 aromatic heterocycles. The molecule has 1 aliphatic rings. The van der Waals surface area contributed by atoms with E-state index in [2.05, 4.69) is 41.1 Å². The summed E-state index contributed by atoms with van der Waals surface area (Å²) in [4.78, 5) is 15.2. The Labute approximate surface area is 132 Å². The first-order valence-corrected chi connectivity index (χ1v) is 7.98. The van der Waals surface area contributed by atoms with E-state index in [1.165, 1.54) is 11.3 Å². The van der Waals surface area contributed by atoms with Crippen LogP contribution in [0.15, 0.2) is 24.3 Å². The molecule has 0 bridgehead atoms. The van der Waals surface area contributed by atoms with Gasteiger partial charge in [0.05, 0.1) is 13.2 Å². The number of hydrogen-bond donors (Lipinski definition) is 1. The lowest BCUT2D eigenvalue weighted by Crippen LogP contribution is -2.37. The molecule has 1 heterocycles. The van der Waals surface area contributed by atoms with Gasteiger partial charge in [0.25, 0.3) is 0 Å². The lowest BCUT2D eigenvalue weighted by molar-refractivity contribution is -0.137. The maximum atomic E-state index is 10.5. The first kappa shape index (κ1) is 16.8. The van der Waals surface area contributed by atoms with Crippen LogP contribution < -0.4 is 4.90 Å². The van der Waals surface area contributed by atoms with E-state index >= 15 is 0 Å². The van der Waals surface area contributed by atoms with Crippen LogP contribution in [0.3, 0.4) is 0 Å². The van der Waals surface area contributed by atoms with E-state index in [-0.39, 0.29) is 6.42 Å². The summed E-state index contributed by atoms with van der Waals surface area (Å²) in [7, 11) is 2.09. The molecule has 0 unspecified atom stereocenters. The van der Waals surface area contributed by atoms with E-state index in [1.54, 1.807) is 0 Å². The maximum absolute atomic E-state index is 10.5. The van der Waals surface area contributed by atoms with Crippen molar-refractivity contribution in [3.63, 3.8) is 0 Å². The molecule has 0 amide bonds. The number of carbonyl (C=O) groups is 1. The van der Waals surface area contributed by atoms with Crippen molar-refractivity contribution in [3.05, 3.63) is 29.8 Å². The summed E-state index contributed by atoms with van der Waals surface area (Å²) in [5.74, 6) is -0.708. The van der Waals surface area contributed by atoms with Gasteiger partial charge in [0.1, 0.15) is 0 Å². The van der Waals surface area contributed by atoms with Crippen molar-refractivity contribution >= 4 is 11.7 Å². The van der Waals surface area contributed by atoms with Crippen LogP contribution in [0.2, 0.25) is 0 Å². The maximum Gasteiger partial charge on any atom is 0.303 e. The second-order valence-electron chi connectivity index (χ2n) is 5.82. The number of para-hydroxylation sites is 1. The monoisotopic (exact) mass is 306 g/mol. The van der Waals surface area contributed by atoms with Gasteiger partial charge in [0.2, 0.25) is 0 Å². The summed E-state index contributed by atoms with van der Waals surface area (Å²) in [5.41, 5.74) is 2.62. The topological polar surface area (TPSA) is 53.0 Å². The molecule has 1 aromatic rings. The Morgan fingerprint density at radius 1 is 1.27 bits per heavy atom. The standard InChI is InChI=1S/C17H26N2O3/c1-18(9-5-4-8-17(20)21)14-15-6-2-3-7-16(15)19-10-12-22-13-11-19/h2-3,6-7H,4-5,8-14H2,1H3,(H,20,21). The molecule has 1 fully saturated rings. The minimum atomic E-state index is -0.708. The Morgan fingerprint density at radius 3 is 2.73 bits per heavy atom. The van der Waals surface area contributed by atoms with E-state index in [9.17, 15) is 4.79 Å². The largest absolute Gasteiger partial charge is 0.481 e. The quantitative estimate of drug-likeness (QED) is 0.746. The predicted molar refractivity (Wildman–Crippen MR) is 87.3 cm³/mol. The average molecular weight is 306 g/mol. The molecule has 1 N–H and O–H groups in total. The van der Waals surface area contributed by atoms with Crippen molar-refractivity contribution in [1.82, 2.24) is 4.90 Å². The third-order valence-electron chi connectivity index (χ3n) is 3.96. The van der Waals surface area contributed by atoms with Crippen molar-refractivity contribution in [3.8, 4) is 0 Å². The van der Waals surface area contributed by atoms with Crippen LogP contribution in [0.5, 0.6) is 0 Å². The highest BCUT2D eigenvalue weighted by atomic mass is 16.5. The minimum Gasteiger partial charge on any atom is -0.481 e. The predicted octanol–water partition coefficient (Wildman–Crippen LogP) is 2.21. The van der Waals surface area contributed by atoms with Crippen molar-refractivity contribution in [2.24, 2.45) is 0 Å². The van der Waals surface area contributed by atoms with Crippen LogP contribution >= 0.6 is 0 Å². The molecule has 1 saturated heterocycles. The Balaban J connectivity index is 1.87. The molecule has 5 heteroatoms. The van der Waals surface area contributed by atoms with Crippen LogP contribution in [-0.4, -0.2) is 55.9 Å². The lowest BCUT2D eigenvalue weighted by atomic mass is 10.1. The van der Waals surface area contributed by atoms with E-state index in [0.29, 0.717) is 0 Å². The lowest BCUT2D eigenvalue weighted by Gasteiger charge is -2.31. The molecule has 122 valence electrons. The Hall–Kier alpha value is -1.59. The van der Waals surface area contributed by atoms with Crippen molar-refractivity contribution in [1.29, 1.82) is 0 Å². The van der Waals surface area contributed by atoms with Gasteiger partial charge in [-0.1, -0.05) is 18.2 Å². The van der Waals surface area contributed by atoms with Crippen LogP contribution in [0.1, 0.15) is 24.8 Å². The van der Waals surface area contributed by atoms with Gasteiger partial charge < -0.3 is 19.6 Å². The first-order chi connectivity index (χ1) is 10.7. The molecule has 0 aliphatic carbocycles. The summed E-state index contributed by atoms with van der Waals surface area (Å²) >= 11 is 0. The van der Waals surface area contributed by atoms with Gasteiger partial charge in [-0.25, -0.2) is 0 Å².